The molecule has 3 rings (SSSR count). The van der Waals surface area contributed by atoms with Gasteiger partial charge in [0.2, 0.25) is 11.9 Å². The summed E-state index contributed by atoms with van der Waals surface area (Å²) in [4.78, 5) is 36.1. The van der Waals surface area contributed by atoms with Crippen LogP contribution in [0.5, 0.6) is 0 Å². The highest BCUT2D eigenvalue weighted by Gasteiger charge is 2.30. The molecule has 1 heterocycles. The lowest BCUT2D eigenvalue weighted by atomic mass is 10.0. The van der Waals surface area contributed by atoms with Gasteiger partial charge in [0.25, 0.3) is 0 Å². The number of hydrogen-bond acceptors (Lipinski definition) is 7. The summed E-state index contributed by atoms with van der Waals surface area (Å²) < 4.78 is 19.0. The van der Waals surface area contributed by atoms with Gasteiger partial charge < -0.3 is 20.7 Å². The van der Waals surface area contributed by atoms with Crippen molar-refractivity contribution in [2.75, 3.05) is 30.8 Å². The second kappa shape index (κ2) is 16.1. The van der Waals surface area contributed by atoms with Crippen LogP contribution in [0, 0.1) is 17.7 Å². The predicted octanol–water partition coefficient (Wildman–Crippen LogP) is 5.91. The number of carbonyl (C=O) groups is 2. The van der Waals surface area contributed by atoms with Crippen LogP contribution in [0.15, 0.2) is 60.8 Å². The van der Waals surface area contributed by atoms with Crippen molar-refractivity contribution in [1.82, 2.24) is 20.2 Å². The monoisotopic (exact) mass is 588 g/mol. The molecule has 0 aliphatic carbocycles. The minimum atomic E-state index is -0.729. The number of carbonyl (C=O) groups excluding carboxylic acids is 2. The first-order valence-corrected chi connectivity index (χ1v) is 14.5. The molecule has 0 radical (unpaired) electrons. The van der Waals surface area contributed by atoms with E-state index in [4.69, 9.17) is 4.74 Å². The molecule has 0 unspecified atom stereocenters. The molecule has 3 N–H and O–H groups in total. The van der Waals surface area contributed by atoms with Crippen molar-refractivity contribution in [2.45, 2.75) is 65.0 Å². The Hall–Kier alpha value is -4.65. The van der Waals surface area contributed by atoms with Gasteiger partial charge in [0, 0.05) is 38.7 Å². The van der Waals surface area contributed by atoms with Crippen molar-refractivity contribution in [3.63, 3.8) is 0 Å². The molecule has 43 heavy (non-hydrogen) atoms. The van der Waals surface area contributed by atoms with Crippen molar-refractivity contribution < 1.29 is 18.7 Å². The highest BCUT2D eigenvalue weighted by atomic mass is 19.1. The van der Waals surface area contributed by atoms with Crippen molar-refractivity contribution in [3.8, 4) is 11.8 Å². The first kappa shape index (κ1) is 32.9. The van der Waals surface area contributed by atoms with E-state index in [0.29, 0.717) is 55.4 Å². The van der Waals surface area contributed by atoms with E-state index in [1.54, 1.807) is 46.1 Å². The molecular formula is C33H41FN6O3. The first-order valence-electron chi connectivity index (χ1n) is 14.5. The lowest BCUT2D eigenvalue weighted by Crippen LogP contribution is -2.50. The van der Waals surface area contributed by atoms with Crippen LogP contribution in [0.2, 0.25) is 0 Å². The van der Waals surface area contributed by atoms with E-state index >= 15 is 0 Å². The van der Waals surface area contributed by atoms with Crippen LogP contribution in [0.25, 0.3) is 0 Å². The summed E-state index contributed by atoms with van der Waals surface area (Å²) in [5.41, 5.74) is 1.46. The molecule has 10 heteroatoms. The topological polar surface area (TPSA) is 108 Å². The fourth-order valence-corrected chi connectivity index (χ4v) is 3.97. The SMILES string of the molecule is CCCNc1nc(Nc2cccc(F)c2)ncc1C#CCCCNC(=O)[C@H](Cc1ccccc1)N(C)C(=O)OC(C)(C)C. The Kier molecular flexibility index (Phi) is 12.3. The lowest BCUT2D eigenvalue weighted by molar-refractivity contribution is -0.126. The molecule has 0 spiro atoms. The smallest absolute Gasteiger partial charge is 0.410 e. The van der Waals surface area contributed by atoms with Crippen LogP contribution in [0.3, 0.4) is 0 Å². The van der Waals surface area contributed by atoms with E-state index in [1.165, 1.54) is 17.0 Å². The van der Waals surface area contributed by atoms with Crippen molar-refractivity contribution in [3.05, 3.63) is 77.7 Å². The fraction of sp³-hybridized carbons (Fsp3) is 0.394. The van der Waals surface area contributed by atoms with Gasteiger partial charge in [-0.25, -0.2) is 14.2 Å². The molecular weight excluding hydrogens is 547 g/mol. The molecule has 1 aromatic heterocycles. The Morgan fingerprint density at radius 3 is 2.56 bits per heavy atom. The third-order valence-corrected chi connectivity index (χ3v) is 6.14. The number of aromatic nitrogens is 2. The second-order valence-electron chi connectivity index (χ2n) is 11.0. The highest BCUT2D eigenvalue weighted by Crippen LogP contribution is 2.18. The van der Waals surface area contributed by atoms with Gasteiger partial charge >= 0.3 is 6.09 Å². The Morgan fingerprint density at radius 2 is 1.86 bits per heavy atom. The number of nitrogens with zero attached hydrogens (tertiary/aromatic N) is 3. The van der Waals surface area contributed by atoms with E-state index in [2.05, 4.69) is 44.7 Å². The fourth-order valence-electron chi connectivity index (χ4n) is 3.97. The predicted molar refractivity (Wildman–Crippen MR) is 168 cm³/mol. The number of ether oxygens (including phenoxy) is 1. The van der Waals surface area contributed by atoms with Crippen LogP contribution < -0.4 is 16.0 Å². The number of benzene rings is 2. The van der Waals surface area contributed by atoms with Crippen LogP contribution in [0.1, 0.15) is 58.1 Å². The Labute approximate surface area is 253 Å². The number of amides is 2. The van der Waals surface area contributed by atoms with E-state index in [1.807, 2.05) is 30.3 Å². The lowest BCUT2D eigenvalue weighted by Gasteiger charge is -2.30. The van der Waals surface area contributed by atoms with Gasteiger partial charge in [0.1, 0.15) is 23.3 Å². The maximum absolute atomic E-state index is 13.5. The summed E-state index contributed by atoms with van der Waals surface area (Å²) in [7, 11) is 1.58. The third kappa shape index (κ3) is 11.3. The summed E-state index contributed by atoms with van der Waals surface area (Å²) in [5.74, 6) is 6.55. The zero-order valence-electron chi connectivity index (χ0n) is 25.5. The molecule has 0 bridgehead atoms. The summed E-state index contributed by atoms with van der Waals surface area (Å²) in [6, 6.07) is 14.9. The van der Waals surface area contributed by atoms with E-state index < -0.39 is 17.7 Å². The highest BCUT2D eigenvalue weighted by molar-refractivity contribution is 5.86. The zero-order chi connectivity index (χ0) is 31.2. The molecule has 1 atom stereocenters. The van der Waals surface area contributed by atoms with Gasteiger partial charge in [-0.05, 0) is 57.4 Å². The van der Waals surface area contributed by atoms with Gasteiger partial charge in [-0.3, -0.25) is 9.69 Å². The molecule has 9 nitrogen and oxygen atoms in total. The largest absolute Gasteiger partial charge is 0.444 e. The Morgan fingerprint density at radius 1 is 1.09 bits per heavy atom. The summed E-state index contributed by atoms with van der Waals surface area (Å²) in [5, 5.41) is 9.22. The van der Waals surface area contributed by atoms with Crippen molar-refractivity contribution >= 4 is 29.5 Å². The minimum absolute atomic E-state index is 0.258. The Bertz CT molecular complexity index is 1420. The van der Waals surface area contributed by atoms with Crippen LogP contribution in [-0.2, 0) is 16.0 Å². The maximum Gasteiger partial charge on any atom is 0.410 e. The molecule has 0 saturated carbocycles. The molecule has 0 saturated heterocycles. The number of hydrogen-bond donors (Lipinski definition) is 3. The standard InChI is InChI=1S/C33H41FN6O3/c1-6-19-35-29-25(23-37-31(39-29)38-27-18-13-17-26(34)22-27)16-11-8-12-20-36-30(41)28(21-24-14-9-7-10-15-24)40(5)32(42)43-33(2,3)4/h7,9-10,13-15,17-18,22-23,28H,6,8,12,19-21H2,1-5H3,(H,36,41)(H2,35,37,38,39)/t28-/m0/s1. The van der Waals surface area contributed by atoms with Crippen molar-refractivity contribution in [1.29, 1.82) is 0 Å². The molecule has 2 aromatic carbocycles. The van der Waals surface area contributed by atoms with Gasteiger partial charge in [-0.15, -0.1) is 0 Å². The quantitative estimate of drug-likeness (QED) is 0.178. The average molecular weight is 589 g/mol. The molecule has 2 amide bonds. The number of anilines is 3. The van der Waals surface area contributed by atoms with Gasteiger partial charge in [-0.2, -0.15) is 4.98 Å². The second-order valence-corrected chi connectivity index (χ2v) is 11.0. The molecule has 0 aliphatic rings. The average Bonchev–Trinajstić information content (AvgIpc) is 2.96. The minimum Gasteiger partial charge on any atom is -0.444 e. The van der Waals surface area contributed by atoms with Gasteiger partial charge in [0.15, 0.2) is 0 Å². The maximum atomic E-state index is 13.5. The number of halogens is 1. The molecule has 228 valence electrons. The summed E-state index contributed by atoms with van der Waals surface area (Å²) >= 11 is 0. The number of rotatable bonds is 12. The normalized spacial score (nSPS) is 11.5. The van der Waals surface area contributed by atoms with Crippen LogP contribution in [0.4, 0.5) is 26.6 Å². The van der Waals surface area contributed by atoms with Gasteiger partial charge in [0.05, 0.1) is 11.8 Å². The first-order chi connectivity index (χ1) is 20.6. The van der Waals surface area contributed by atoms with Gasteiger partial charge in [-0.1, -0.05) is 55.2 Å². The van der Waals surface area contributed by atoms with E-state index in [0.717, 1.165) is 12.0 Å². The Balaban J connectivity index is 1.59. The van der Waals surface area contributed by atoms with Crippen LogP contribution in [-0.4, -0.2) is 58.6 Å². The molecule has 0 fully saturated rings. The third-order valence-electron chi connectivity index (χ3n) is 6.14. The zero-order valence-corrected chi connectivity index (χ0v) is 25.5. The van der Waals surface area contributed by atoms with Crippen LogP contribution >= 0.6 is 0 Å². The summed E-state index contributed by atoms with van der Waals surface area (Å²) in [6.45, 7) is 8.53. The summed E-state index contributed by atoms with van der Waals surface area (Å²) in [6.07, 6.45) is 3.48. The number of nitrogens with one attached hydrogen (secondary N) is 3. The van der Waals surface area contributed by atoms with E-state index in [9.17, 15) is 14.0 Å². The van der Waals surface area contributed by atoms with E-state index in [-0.39, 0.29) is 11.7 Å². The number of likely N-dealkylation sites (N-methyl/N-ethyl adjacent to an activating group) is 1. The molecule has 0 aliphatic heterocycles. The van der Waals surface area contributed by atoms with Crippen molar-refractivity contribution in [2.24, 2.45) is 0 Å². The number of unbranched alkanes of at least 4 members (excludes halogenated alkanes) is 1. The molecule has 3 aromatic rings.